The van der Waals surface area contributed by atoms with Gasteiger partial charge >= 0.3 is 5.97 Å². The van der Waals surface area contributed by atoms with Crippen LogP contribution in [0, 0.1) is 0 Å². The van der Waals surface area contributed by atoms with Gasteiger partial charge in [-0.05, 0) is 43.7 Å². The van der Waals surface area contributed by atoms with Crippen LogP contribution >= 0.6 is 0 Å². The normalized spacial score (nSPS) is 16.2. The Morgan fingerprint density at radius 2 is 1.84 bits per heavy atom. The minimum atomic E-state index is -0.475. The number of hydrogen-bond acceptors (Lipinski definition) is 6. The molecule has 1 saturated heterocycles. The number of anilines is 2. The van der Waals surface area contributed by atoms with Gasteiger partial charge in [-0.1, -0.05) is 36.4 Å². The predicted molar refractivity (Wildman–Crippen MR) is 120 cm³/mol. The van der Waals surface area contributed by atoms with Crippen molar-refractivity contribution in [1.82, 2.24) is 9.97 Å². The van der Waals surface area contributed by atoms with E-state index in [0.717, 1.165) is 29.3 Å². The van der Waals surface area contributed by atoms with Crippen molar-refractivity contribution in [2.75, 3.05) is 29.5 Å². The largest absolute Gasteiger partial charge is 0.454 e. The number of likely N-dealkylation sites (N-methyl/N-ethyl adjacent to an activating group) is 1. The molecule has 7 nitrogen and oxygen atoms in total. The Hall–Kier alpha value is -3.48. The van der Waals surface area contributed by atoms with E-state index in [0.29, 0.717) is 25.5 Å². The molecule has 0 spiro atoms. The van der Waals surface area contributed by atoms with E-state index in [1.165, 1.54) is 0 Å². The topological polar surface area (TPSA) is 75.6 Å². The number of amides is 1. The number of esters is 1. The lowest BCUT2D eigenvalue weighted by molar-refractivity contribution is -0.149. The number of piperidine rings is 1. The van der Waals surface area contributed by atoms with Crippen LogP contribution < -0.4 is 9.80 Å². The molecule has 31 heavy (non-hydrogen) atoms. The van der Waals surface area contributed by atoms with Crippen LogP contribution in [0.15, 0.2) is 60.9 Å². The van der Waals surface area contributed by atoms with Crippen LogP contribution in [0.3, 0.4) is 0 Å². The minimum Gasteiger partial charge on any atom is -0.454 e. The molecule has 0 unspecified atom stereocenters. The molecule has 2 aromatic carbocycles. The van der Waals surface area contributed by atoms with Gasteiger partial charge in [-0.25, -0.2) is 14.8 Å². The molecule has 0 saturated carbocycles. The highest BCUT2D eigenvalue weighted by molar-refractivity contribution is 6.04. The number of aromatic nitrogens is 2. The Bertz CT molecular complexity index is 1050. The maximum Gasteiger partial charge on any atom is 0.329 e. The van der Waals surface area contributed by atoms with Crippen molar-refractivity contribution < 1.29 is 14.3 Å². The molecule has 1 aliphatic rings. The summed E-state index contributed by atoms with van der Waals surface area (Å²) in [4.78, 5) is 37.9. The average Bonchev–Trinajstić information content (AvgIpc) is 2.83. The van der Waals surface area contributed by atoms with Crippen molar-refractivity contribution in [3.8, 4) is 0 Å². The van der Waals surface area contributed by atoms with Gasteiger partial charge in [0.2, 0.25) is 5.95 Å². The molecule has 1 fully saturated rings. The second-order valence-corrected chi connectivity index (χ2v) is 7.50. The zero-order valence-corrected chi connectivity index (χ0v) is 17.6. The number of benzene rings is 2. The fourth-order valence-electron chi connectivity index (χ4n) is 4.09. The van der Waals surface area contributed by atoms with Gasteiger partial charge < -0.3 is 14.5 Å². The highest BCUT2D eigenvalue weighted by atomic mass is 16.5. The lowest BCUT2D eigenvalue weighted by Gasteiger charge is -2.34. The summed E-state index contributed by atoms with van der Waals surface area (Å²) in [7, 11) is 0. The number of rotatable bonds is 6. The third kappa shape index (κ3) is 4.50. The van der Waals surface area contributed by atoms with Crippen LogP contribution in [0.2, 0.25) is 0 Å². The van der Waals surface area contributed by atoms with Gasteiger partial charge in [0, 0.05) is 30.9 Å². The molecule has 0 N–H and O–H groups in total. The van der Waals surface area contributed by atoms with E-state index >= 15 is 0 Å². The van der Waals surface area contributed by atoms with Gasteiger partial charge in [0.1, 0.15) is 6.04 Å². The van der Waals surface area contributed by atoms with Crippen molar-refractivity contribution in [3.63, 3.8) is 0 Å². The van der Waals surface area contributed by atoms with Crippen LogP contribution in [-0.2, 0) is 14.3 Å². The van der Waals surface area contributed by atoms with Gasteiger partial charge in [0.15, 0.2) is 6.61 Å². The summed E-state index contributed by atoms with van der Waals surface area (Å²) in [5, 5.41) is 2.05. The standard InChI is InChI=1S/C24H26N4O3/c1-2-27(20-13-7-10-18-9-3-4-11-19(18)20)22(29)17-31-23(30)21-12-5-6-16-28(21)24-25-14-8-15-26-24/h3-4,7-11,13-15,21H,2,5-6,12,16-17H2,1H3/t21-/m1/s1. The molecule has 3 aromatic rings. The highest BCUT2D eigenvalue weighted by Crippen LogP contribution is 2.27. The first kappa shape index (κ1) is 20.8. The molecule has 0 radical (unpaired) electrons. The van der Waals surface area contributed by atoms with E-state index in [1.54, 1.807) is 23.4 Å². The van der Waals surface area contributed by atoms with E-state index in [1.807, 2.05) is 54.3 Å². The third-order valence-electron chi connectivity index (χ3n) is 5.60. The maximum absolute atomic E-state index is 13.0. The van der Waals surface area contributed by atoms with Crippen LogP contribution in [0.25, 0.3) is 10.8 Å². The van der Waals surface area contributed by atoms with Crippen LogP contribution in [0.1, 0.15) is 26.2 Å². The Morgan fingerprint density at radius 1 is 1.06 bits per heavy atom. The molecule has 4 rings (SSSR count). The van der Waals surface area contributed by atoms with E-state index in [2.05, 4.69) is 9.97 Å². The van der Waals surface area contributed by atoms with Crippen LogP contribution in [0.5, 0.6) is 0 Å². The Balaban J connectivity index is 1.46. The van der Waals surface area contributed by atoms with Crippen LogP contribution in [0.4, 0.5) is 11.6 Å². The number of carbonyl (C=O) groups excluding carboxylic acids is 2. The molecule has 1 amide bonds. The molecule has 160 valence electrons. The fourth-order valence-corrected chi connectivity index (χ4v) is 4.09. The molecule has 0 aliphatic carbocycles. The average molecular weight is 418 g/mol. The molecular formula is C24H26N4O3. The molecule has 2 heterocycles. The lowest BCUT2D eigenvalue weighted by atomic mass is 10.0. The monoisotopic (exact) mass is 418 g/mol. The summed E-state index contributed by atoms with van der Waals surface area (Å²) >= 11 is 0. The summed E-state index contributed by atoms with van der Waals surface area (Å²) in [5.74, 6) is -0.138. The van der Waals surface area contributed by atoms with Crippen molar-refractivity contribution in [1.29, 1.82) is 0 Å². The number of hydrogen-bond donors (Lipinski definition) is 0. The molecule has 1 atom stereocenters. The van der Waals surface area contributed by atoms with Crippen molar-refractivity contribution in [3.05, 3.63) is 60.9 Å². The molecule has 1 aliphatic heterocycles. The van der Waals surface area contributed by atoms with Crippen LogP contribution in [-0.4, -0.2) is 47.6 Å². The van der Waals surface area contributed by atoms with Gasteiger partial charge in [-0.15, -0.1) is 0 Å². The SMILES string of the molecule is CCN(C(=O)COC(=O)[C@H]1CCCCN1c1ncccn1)c1cccc2ccccc12. The van der Waals surface area contributed by atoms with Crippen molar-refractivity contribution in [2.24, 2.45) is 0 Å². The van der Waals surface area contributed by atoms with E-state index in [-0.39, 0.29) is 12.5 Å². The first-order chi connectivity index (χ1) is 15.2. The summed E-state index contributed by atoms with van der Waals surface area (Å²) < 4.78 is 5.48. The summed E-state index contributed by atoms with van der Waals surface area (Å²) in [6.45, 7) is 2.79. The second kappa shape index (κ2) is 9.55. The van der Waals surface area contributed by atoms with Crippen molar-refractivity contribution >= 4 is 34.3 Å². The van der Waals surface area contributed by atoms with Gasteiger partial charge in [0.25, 0.3) is 5.91 Å². The Morgan fingerprint density at radius 3 is 2.65 bits per heavy atom. The van der Waals surface area contributed by atoms with E-state index in [9.17, 15) is 9.59 Å². The van der Waals surface area contributed by atoms with Gasteiger partial charge in [-0.2, -0.15) is 0 Å². The van der Waals surface area contributed by atoms with E-state index < -0.39 is 12.0 Å². The fraction of sp³-hybridized carbons (Fsp3) is 0.333. The second-order valence-electron chi connectivity index (χ2n) is 7.50. The maximum atomic E-state index is 13.0. The third-order valence-corrected chi connectivity index (χ3v) is 5.60. The Labute approximate surface area is 181 Å². The number of ether oxygens (including phenoxy) is 1. The molecular weight excluding hydrogens is 392 g/mol. The number of nitrogens with zero attached hydrogens (tertiary/aromatic N) is 4. The lowest BCUT2D eigenvalue weighted by Crippen LogP contribution is -2.47. The number of carbonyl (C=O) groups is 2. The predicted octanol–water partition coefficient (Wildman–Crippen LogP) is 3.59. The van der Waals surface area contributed by atoms with Gasteiger partial charge in [0.05, 0.1) is 5.69 Å². The Kier molecular flexibility index (Phi) is 6.40. The summed E-state index contributed by atoms with van der Waals surface area (Å²) in [6, 6.07) is 15.1. The highest BCUT2D eigenvalue weighted by Gasteiger charge is 2.32. The van der Waals surface area contributed by atoms with E-state index in [4.69, 9.17) is 4.74 Å². The smallest absolute Gasteiger partial charge is 0.329 e. The first-order valence-electron chi connectivity index (χ1n) is 10.7. The molecule has 0 bridgehead atoms. The first-order valence-corrected chi connectivity index (χ1v) is 10.7. The summed E-state index contributed by atoms with van der Waals surface area (Å²) in [5.41, 5.74) is 0.818. The van der Waals surface area contributed by atoms with Crippen molar-refractivity contribution in [2.45, 2.75) is 32.2 Å². The zero-order valence-electron chi connectivity index (χ0n) is 17.6. The number of fused-ring (bicyclic) bond motifs is 1. The zero-order chi connectivity index (χ0) is 21.6. The molecule has 1 aromatic heterocycles. The quantitative estimate of drug-likeness (QED) is 0.570. The van der Waals surface area contributed by atoms with Gasteiger partial charge in [-0.3, -0.25) is 4.79 Å². The summed E-state index contributed by atoms with van der Waals surface area (Å²) in [6.07, 6.45) is 5.87. The molecule has 7 heteroatoms. The minimum absolute atomic E-state index is 0.245.